The molecule has 0 amide bonds. The van der Waals surface area contributed by atoms with E-state index in [-0.39, 0.29) is 5.41 Å². The third-order valence-corrected chi connectivity index (χ3v) is 7.12. The average Bonchev–Trinajstić information content (AvgIpc) is 3.52. The number of unbranched alkanes of at least 4 members (excludes halogenated alkanes) is 4. The number of aromatic nitrogens is 3. The molecule has 2 aromatic carbocycles. The van der Waals surface area contributed by atoms with Crippen LogP contribution in [0.25, 0.3) is 22.8 Å². The molecular weight excluding hydrogens is 556 g/mol. The van der Waals surface area contributed by atoms with Crippen LogP contribution in [0.4, 0.5) is 0 Å². The summed E-state index contributed by atoms with van der Waals surface area (Å²) in [5, 5.41) is 16.0. The van der Waals surface area contributed by atoms with Crippen molar-refractivity contribution in [2.24, 2.45) is 0 Å². The first kappa shape index (κ1) is 34.1. The van der Waals surface area contributed by atoms with E-state index in [0.29, 0.717) is 36.2 Å². The molecule has 0 saturated heterocycles. The maximum absolute atomic E-state index is 11.2. The van der Waals surface area contributed by atoms with Gasteiger partial charge in [0.15, 0.2) is 0 Å². The molecule has 2 N–H and O–H groups in total. The van der Waals surface area contributed by atoms with Crippen LogP contribution in [0.1, 0.15) is 81.3 Å². The van der Waals surface area contributed by atoms with Crippen LogP contribution in [-0.4, -0.2) is 52.2 Å². The normalized spacial score (nSPS) is 11.8. The Morgan fingerprint density at radius 2 is 1.66 bits per heavy atom. The fourth-order valence-corrected chi connectivity index (χ4v) is 4.33. The molecule has 0 fully saturated rings. The third kappa shape index (κ3) is 10.7. The molecule has 1 unspecified atom stereocenters. The predicted molar refractivity (Wildman–Crippen MR) is 172 cm³/mol. The number of aliphatic carboxylic acids is 1. The number of carbonyl (C=O) groups excluding carboxylic acids is 1. The number of pyridine rings is 1. The topological polar surface area (TPSA) is 127 Å². The van der Waals surface area contributed by atoms with Gasteiger partial charge < -0.3 is 19.7 Å². The summed E-state index contributed by atoms with van der Waals surface area (Å²) < 4.78 is 11.1. The zero-order chi connectivity index (χ0) is 32.0. The van der Waals surface area contributed by atoms with Crippen LogP contribution in [0.15, 0.2) is 71.4 Å². The Morgan fingerprint density at radius 1 is 0.977 bits per heavy atom. The molecule has 9 heteroatoms. The van der Waals surface area contributed by atoms with Gasteiger partial charge in [0.05, 0.1) is 12.2 Å². The second-order valence-electron chi connectivity index (χ2n) is 11.6. The van der Waals surface area contributed by atoms with E-state index in [9.17, 15) is 9.59 Å². The molecule has 44 heavy (non-hydrogen) atoms. The SMILES string of the molecule is CC(C)(C)c1ccc(C=O)cc1.CCCCCCCOc1ccc(-c2nc(-c3ccc(CC(NC)C(=O)O)cc3)no2)cn1. The van der Waals surface area contributed by atoms with Crippen molar-refractivity contribution in [1.29, 1.82) is 0 Å². The van der Waals surface area contributed by atoms with E-state index in [1.807, 2.05) is 54.6 Å². The van der Waals surface area contributed by atoms with Gasteiger partial charge in [0.25, 0.3) is 5.89 Å². The number of carboxylic acid groups (broad SMARTS) is 1. The Labute approximate surface area is 260 Å². The lowest BCUT2D eigenvalue weighted by Crippen LogP contribution is -2.35. The molecule has 0 saturated carbocycles. The van der Waals surface area contributed by atoms with Gasteiger partial charge in [-0.25, -0.2) is 4.98 Å². The monoisotopic (exact) mass is 600 g/mol. The molecule has 0 aliphatic rings. The fraction of sp³-hybridized carbons (Fsp3) is 0.400. The van der Waals surface area contributed by atoms with E-state index in [1.165, 1.54) is 31.2 Å². The summed E-state index contributed by atoms with van der Waals surface area (Å²) in [5.41, 5.74) is 4.58. The molecular formula is C35H44N4O5. The van der Waals surface area contributed by atoms with Gasteiger partial charge in [0.2, 0.25) is 11.7 Å². The molecule has 2 heterocycles. The number of hydrogen-bond donors (Lipinski definition) is 2. The van der Waals surface area contributed by atoms with Crippen LogP contribution in [0.5, 0.6) is 5.88 Å². The number of benzene rings is 2. The van der Waals surface area contributed by atoms with E-state index in [2.05, 4.69) is 48.1 Å². The molecule has 2 aromatic heterocycles. The van der Waals surface area contributed by atoms with Crippen molar-refractivity contribution < 1.29 is 24.0 Å². The maximum atomic E-state index is 11.2. The largest absolute Gasteiger partial charge is 0.480 e. The first-order valence-electron chi connectivity index (χ1n) is 15.1. The number of ether oxygens (including phenoxy) is 1. The highest BCUT2D eigenvalue weighted by atomic mass is 16.5. The highest BCUT2D eigenvalue weighted by molar-refractivity contribution is 5.75. The number of rotatable bonds is 14. The summed E-state index contributed by atoms with van der Waals surface area (Å²) in [5.74, 6) is 0.545. The number of hydrogen-bond acceptors (Lipinski definition) is 8. The molecule has 4 aromatic rings. The lowest BCUT2D eigenvalue weighted by molar-refractivity contribution is -0.139. The van der Waals surface area contributed by atoms with Crippen molar-refractivity contribution in [2.75, 3.05) is 13.7 Å². The lowest BCUT2D eigenvalue weighted by atomic mass is 9.87. The van der Waals surface area contributed by atoms with Gasteiger partial charge in [-0.05, 0) is 42.5 Å². The zero-order valence-electron chi connectivity index (χ0n) is 26.4. The van der Waals surface area contributed by atoms with Gasteiger partial charge >= 0.3 is 5.97 Å². The molecule has 0 radical (unpaired) electrons. The van der Waals surface area contributed by atoms with Crippen molar-refractivity contribution >= 4 is 12.3 Å². The van der Waals surface area contributed by atoms with E-state index in [0.717, 1.165) is 29.4 Å². The van der Waals surface area contributed by atoms with Crippen LogP contribution < -0.4 is 10.1 Å². The number of nitrogens with zero attached hydrogens (tertiary/aromatic N) is 3. The summed E-state index contributed by atoms with van der Waals surface area (Å²) in [6.07, 6.45) is 8.87. The van der Waals surface area contributed by atoms with Gasteiger partial charge in [0.1, 0.15) is 12.3 Å². The predicted octanol–water partition coefficient (Wildman–Crippen LogP) is 7.16. The summed E-state index contributed by atoms with van der Waals surface area (Å²) in [4.78, 5) is 30.3. The Balaban J connectivity index is 0.000000369. The molecule has 9 nitrogen and oxygen atoms in total. The Kier molecular flexibility index (Phi) is 13.2. The summed E-state index contributed by atoms with van der Waals surface area (Å²) in [6.45, 7) is 9.33. The Hall–Kier alpha value is -4.37. The molecule has 0 spiro atoms. The fourth-order valence-electron chi connectivity index (χ4n) is 4.33. The van der Waals surface area contributed by atoms with E-state index >= 15 is 0 Å². The minimum atomic E-state index is -0.878. The number of nitrogens with one attached hydrogen (secondary N) is 1. The molecule has 0 aliphatic carbocycles. The van der Waals surface area contributed by atoms with Crippen molar-refractivity contribution in [3.05, 3.63) is 83.6 Å². The van der Waals surface area contributed by atoms with Crippen LogP contribution in [0.2, 0.25) is 0 Å². The number of aldehydes is 1. The number of likely N-dealkylation sites (N-methyl/N-ethyl adjacent to an activating group) is 1. The van der Waals surface area contributed by atoms with Gasteiger partial charge in [-0.15, -0.1) is 0 Å². The average molecular weight is 601 g/mol. The Bertz CT molecular complexity index is 1430. The number of carboxylic acids is 1. The van der Waals surface area contributed by atoms with Gasteiger partial charge in [-0.2, -0.15) is 4.98 Å². The maximum Gasteiger partial charge on any atom is 0.321 e. The Morgan fingerprint density at radius 3 is 2.23 bits per heavy atom. The minimum absolute atomic E-state index is 0.168. The van der Waals surface area contributed by atoms with Crippen LogP contribution in [0.3, 0.4) is 0 Å². The van der Waals surface area contributed by atoms with E-state index in [4.69, 9.17) is 14.4 Å². The second kappa shape index (κ2) is 17.1. The summed E-state index contributed by atoms with van der Waals surface area (Å²) in [6, 6.07) is 18.2. The minimum Gasteiger partial charge on any atom is -0.480 e. The smallest absolute Gasteiger partial charge is 0.321 e. The first-order valence-corrected chi connectivity index (χ1v) is 15.1. The lowest BCUT2D eigenvalue weighted by Gasteiger charge is -2.18. The standard InChI is InChI=1S/C24H30N4O4.C11H14O/c1-3-4-5-6-7-14-31-21-13-12-19(16-26-21)23-27-22(28-32-23)18-10-8-17(9-11-18)15-20(25-2)24(29)30;1-11(2,3)10-6-4-9(8-12)5-7-10/h8-13,16,20,25H,3-7,14-15H2,1-2H3,(H,29,30);4-8H,1-3H3. The summed E-state index contributed by atoms with van der Waals surface area (Å²) >= 11 is 0. The summed E-state index contributed by atoms with van der Waals surface area (Å²) in [7, 11) is 1.64. The first-order chi connectivity index (χ1) is 21.1. The quantitative estimate of drug-likeness (QED) is 0.114. The second-order valence-corrected chi connectivity index (χ2v) is 11.6. The number of carbonyl (C=O) groups is 2. The molecule has 4 rings (SSSR count). The van der Waals surface area contributed by atoms with Gasteiger partial charge in [-0.3, -0.25) is 9.59 Å². The van der Waals surface area contributed by atoms with Crippen molar-refractivity contribution in [3.63, 3.8) is 0 Å². The molecule has 0 bridgehead atoms. The van der Waals surface area contributed by atoms with Gasteiger partial charge in [-0.1, -0.05) is 107 Å². The van der Waals surface area contributed by atoms with E-state index in [1.54, 1.807) is 19.3 Å². The van der Waals surface area contributed by atoms with Crippen LogP contribution in [-0.2, 0) is 16.6 Å². The van der Waals surface area contributed by atoms with Crippen LogP contribution >= 0.6 is 0 Å². The van der Waals surface area contributed by atoms with Crippen LogP contribution in [0, 0.1) is 0 Å². The molecule has 234 valence electrons. The van der Waals surface area contributed by atoms with Crippen molar-refractivity contribution in [1.82, 2.24) is 20.4 Å². The van der Waals surface area contributed by atoms with Gasteiger partial charge in [0, 0.05) is 23.4 Å². The van der Waals surface area contributed by atoms with Crippen molar-refractivity contribution in [2.45, 2.75) is 77.7 Å². The van der Waals surface area contributed by atoms with Crippen molar-refractivity contribution in [3.8, 4) is 28.7 Å². The molecule has 1 atom stereocenters. The molecule has 0 aliphatic heterocycles. The highest BCUT2D eigenvalue weighted by Crippen LogP contribution is 2.24. The van der Waals surface area contributed by atoms with E-state index < -0.39 is 12.0 Å². The zero-order valence-corrected chi connectivity index (χ0v) is 26.4. The highest BCUT2D eigenvalue weighted by Gasteiger charge is 2.16. The third-order valence-electron chi connectivity index (χ3n) is 7.12.